The van der Waals surface area contributed by atoms with Crippen LogP contribution in [0.3, 0.4) is 0 Å². The average Bonchev–Trinajstić information content (AvgIpc) is 2.76. The van der Waals surface area contributed by atoms with Crippen molar-refractivity contribution in [2.45, 2.75) is 36.6 Å². The number of aliphatic hydroxyl groups is 1. The van der Waals surface area contributed by atoms with Gasteiger partial charge in [-0.15, -0.1) is 4.40 Å². The van der Waals surface area contributed by atoms with E-state index in [-0.39, 0.29) is 33.4 Å². The van der Waals surface area contributed by atoms with Crippen LogP contribution in [0.5, 0.6) is 0 Å². The second kappa shape index (κ2) is 8.40. The molecule has 0 radical (unpaired) electrons. The number of ketones is 1. The molecule has 4 rings (SSSR count). The first-order valence-corrected chi connectivity index (χ1v) is 13.9. The van der Waals surface area contributed by atoms with E-state index in [1.54, 1.807) is 24.3 Å². The highest BCUT2D eigenvalue weighted by Crippen LogP contribution is 2.56. The predicted octanol–water partition coefficient (Wildman–Crippen LogP) is 3.80. The van der Waals surface area contributed by atoms with Gasteiger partial charge in [-0.3, -0.25) is 18.6 Å². The molecule has 2 aromatic carbocycles. The molecule has 10 nitrogen and oxygen atoms in total. The summed E-state index contributed by atoms with van der Waals surface area (Å²) >= 11 is 0. The number of hydrogen-bond acceptors (Lipinski definition) is 9. The third kappa shape index (κ3) is 4.18. The van der Waals surface area contributed by atoms with Crippen LogP contribution in [0.1, 0.15) is 37.3 Å². The van der Waals surface area contributed by atoms with Gasteiger partial charge in [-0.05, 0) is 30.2 Å². The predicted molar refractivity (Wildman–Crippen MR) is 133 cm³/mol. The van der Waals surface area contributed by atoms with Gasteiger partial charge >= 0.3 is 0 Å². The van der Waals surface area contributed by atoms with E-state index in [4.69, 9.17) is 5.73 Å². The molecule has 2 aromatic rings. The van der Waals surface area contributed by atoms with Crippen LogP contribution < -0.4 is 15.8 Å². The van der Waals surface area contributed by atoms with Crippen molar-refractivity contribution >= 4 is 49.6 Å². The fourth-order valence-corrected chi connectivity index (χ4v) is 5.90. The summed E-state index contributed by atoms with van der Waals surface area (Å²) in [6, 6.07) is 10.9. The second-order valence-corrected chi connectivity index (χ2v) is 11.8. The summed E-state index contributed by atoms with van der Waals surface area (Å²) in [5, 5.41) is 13.9. The van der Waals surface area contributed by atoms with Crippen LogP contribution in [-0.2, 0) is 20.4 Å². The molecule has 0 spiro atoms. The third-order valence-electron chi connectivity index (χ3n) is 5.74. The molecule has 7 N–H and O–H groups in total. The Morgan fingerprint density at radius 3 is 2.59 bits per heavy atom. The molecule has 34 heavy (non-hydrogen) atoms. The van der Waals surface area contributed by atoms with Crippen molar-refractivity contribution in [2.75, 3.05) is 16.3 Å². The first-order valence-electron chi connectivity index (χ1n) is 10.5. The summed E-state index contributed by atoms with van der Waals surface area (Å²) in [6.45, 7) is 1.97. The number of nitrogens with two attached hydrogens (primary N) is 1. The Kier molecular flexibility index (Phi) is 5.98. The molecule has 1 aliphatic heterocycles. The number of anilines is 2. The molecule has 0 bridgehead atoms. The number of nitrogens with zero attached hydrogens (tertiary/aromatic N) is 1. The molecule has 1 aliphatic carbocycles. The van der Waals surface area contributed by atoms with Crippen molar-refractivity contribution in [2.24, 2.45) is 10.1 Å². The number of nitrogens with one attached hydrogen (secondary N) is 2. The average molecular weight is 507 g/mol. The Morgan fingerprint density at radius 2 is 1.91 bits per heavy atom. The van der Waals surface area contributed by atoms with Gasteiger partial charge in [0, 0.05) is 5.56 Å². The minimum Gasteiger partial charge on any atom is -0.506 e. The number of rotatable bonds is 6. The SMILES string of the molecule is CCCCC1(N)C(=O)C(C2=NS(O)(O)c3cc(NS(C)(=O)=O)ccc3N2)=C(O)c2ccccc21. The van der Waals surface area contributed by atoms with E-state index in [9.17, 15) is 27.4 Å². The minimum absolute atomic E-state index is 0.0568. The van der Waals surface area contributed by atoms with Crippen LogP contribution in [0.2, 0.25) is 0 Å². The van der Waals surface area contributed by atoms with Gasteiger partial charge in [0.25, 0.3) is 0 Å². The Bertz CT molecular complexity index is 1350. The van der Waals surface area contributed by atoms with E-state index < -0.39 is 32.1 Å². The maximum Gasteiger partial charge on any atom is 0.229 e. The summed E-state index contributed by atoms with van der Waals surface area (Å²) in [4.78, 5) is 13.6. The lowest BCUT2D eigenvalue weighted by Gasteiger charge is -2.38. The summed E-state index contributed by atoms with van der Waals surface area (Å²) in [5.74, 6) is -1.17. The van der Waals surface area contributed by atoms with Gasteiger partial charge in [-0.25, -0.2) is 8.42 Å². The van der Waals surface area contributed by atoms with Crippen LogP contribution in [0.25, 0.3) is 5.76 Å². The van der Waals surface area contributed by atoms with Crippen LogP contribution >= 0.6 is 10.8 Å². The molecule has 2 aliphatic rings. The smallest absolute Gasteiger partial charge is 0.229 e. The lowest BCUT2D eigenvalue weighted by molar-refractivity contribution is -0.120. The van der Waals surface area contributed by atoms with Gasteiger partial charge < -0.3 is 16.2 Å². The molecular formula is C22H26N4O6S2. The molecule has 0 aromatic heterocycles. The number of hydrogen-bond donors (Lipinski definition) is 6. The van der Waals surface area contributed by atoms with Crippen molar-refractivity contribution < 1.29 is 27.4 Å². The van der Waals surface area contributed by atoms with Crippen molar-refractivity contribution in [1.29, 1.82) is 0 Å². The van der Waals surface area contributed by atoms with Gasteiger partial charge in [0.05, 0.1) is 17.6 Å². The fraction of sp³-hybridized carbons (Fsp3) is 0.273. The topological polar surface area (TPSA) is 174 Å². The van der Waals surface area contributed by atoms with Gasteiger partial charge in [-0.2, -0.15) is 0 Å². The van der Waals surface area contributed by atoms with Crippen molar-refractivity contribution in [1.82, 2.24) is 0 Å². The monoisotopic (exact) mass is 506 g/mol. The van der Waals surface area contributed by atoms with E-state index in [0.29, 0.717) is 24.0 Å². The molecule has 1 unspecified atom stereocenters. The highest BCUT2D eigenvalue weighted by Gasteiger charge is 2.47. The number of carbonyl (C=O) groups excluding carboxylic acids is 1. The highest BCUT2D eigenvalue weighted by molar-refractivity contribution is 8.23. The maximum absolute atomic E-state index is 13.7. The van der Waals surface area contributed by atoms with Gasteiger partial charge in [0.1, 0.15) is 21.8 Å². The number of fused-ring (bicyclic) bond motifs is 2. The number of amidine groups is 1. The quantitative estimate of drug-likeness (QED) is 0.343. The highest BCUT2D eigenvalue weighted by atomic mass is 32.3. The van der Waals surface area contributed by atoms with Gasteiger partial charge in [0.2, 0.25) is 10.0 Å². The third-order valence-corrected chi connectivity index (χ3v) is 7.72. The Balaban J connectivity index is 1.83. The molecule has 1 atom stereocenters. The number of sulfonamides is 1. The maximum atomic E-state index is 13.7. The number of carbonyl (C=O) groups is 1. The van der Waals surface area contributed by atoms with Crippen LogP contribution in [0, 0.1) is 0 Å². The minimum atomic E-state index is -3.84. The summed E-state index contributed by atoms with van der Waals surface area (Å²) in [7, 11) is -7.44. The van der Waals surface area contributed by atoms with Crippen LogP contribution in [-0.4, -0.2) is 40.5 Å². The molecule has 0 amide bonds. The second-order valence-electron chi connectivity index (χ2n) is 8.34. The Morgan fingerprint density at radius 1 is 1.21 bits per heavy atom. The van der Waals surface area contributed by atoms with E-state index in [1.165, 1.54) is 18.2 Å². The largest absolute Gasteiger partial charge is 0.506 e. The van der Waals surface area contributed by atoms with E-state index in [2.05, 4.69) is 14.4 Å². The molecule has 1 heterocycles. The van der Waals surface area contributed by atoms with E-state index >= 15 is 0 Å². The van der Waals surface area contributed by atoms with Gasteiger partial charge in [0.15, 0.2) is 11.6 Å². The zero-order valence-electron chi connectivity index (χ0n) is 18.6. The molecular weight excluding hydrogens is 480 g/mol. The molecule has 0 saturated heterocycles. The van der Waals surface area contributed by atoms with Crippen molar-refractivity contribution in [3.05, 3.63) is 59.2 Å². The summed E-state index contributed by atoms with van der Waals surface area (Å²) < 4.78 is 50.9. The Hall–Kier alpha value is -2.90. The van der Waals surface area contributed by atoms with Crippen LogP contribution in [0.4, 0.5) is 11.4 Å². The summed E-state index contributed by atoms with van der Waals surface area (Å²) in [6.07, 6.45) is 2.77. The number of aliphatic hydroxyl groups excluding tert-OH is 1. The normalized spacial score (nSPS) is 22.3. The number of Topliss-reactive ketones (excluding diaryl/α,β-unsaturated/α-hetero) is 1. The Labute approximate surface area is 199 Å². The van der Waals surface area contributed by atoms with Crippen molar-refractivity contribution in [3.63, 3.8) is 0 Å². The molecule has 0 fully saturated rings. The standard InChI is InChI=1S/C22H26N4O6S2/c1-3-4-11-22(23)15-8-6-5-7-14(15)19(27)18(20(22)28)21-24-16-10-9-13(25-33(2,29)30)12-17(16)34(31,32)26-21/h5-10,12,25,27,31-32H,3-4,11,23H2,1-2H3,(H,24,26). The number of unbranched alkanes of at least 4 members (excludes halogenated alkanes) is 1. The van der Waals surface area contributed by atoms with Crippen LogP contribution in [0.15, 0.2) is 57.3 Å². The number of benzene rings is 2. The summed E-state index contributed by atoms with van der Waals surface area (Å²) in [5.41, 5.74) is 6.16. The molecule has 0 saturated carbocycles. The van der Waals surface area contributed by atoms with Crippen molar-refractivity contribution in [3.8, 4) is 0 Å². The van der Waals surface area contributed by atoms with E-state index in [1.807, 2.05) is 6.92 Å². The molecule has 182 valence electrons. The first kappa shape index (κ1) is 24.2. The zero-order valence-corrected chi connectivity index (χ0v) is 20.2. The fourth-order valence-electron chi connectivity index (χ4n) is 4.15. The van der Waals surface area contributed by atoms with Gasteiger partial charge in [-0.1, -0.05) is 54.8 Å². The molecule has 12 heteroatoms. The lowest BCUT2D eigenvalue weighted by Crippen LogP contribution is -2.50. The van der Waals surface area contributed by atoms with E-state index in [0.717, 1.165) is 12.7 Å². The first-order chi connectivity index (χ1) is 15.9. The zero-order chi connectivity index (χ0) is 24.9. The lowest BCUT2D eigenvalue weighted by atomic mass is 9.72.